The maximum atomic E-state index is 12.3. The van der Waals surface area contributed by atoms with E-state index in [1.54, 1.807) is 18.9 Å². The topological polar surface area (TPSA) is 111 Å². The number of nitrogens with one attached hydrogen (secondary N) is 1. The van der Waals surface area contributed by atoms with Crippen LogP contribution in [-0.2, 0) is 24.3 Å². The van der Waals surface area contributed by atoms with Crippen LogP contribution in [0.25, 0.3) is 0 Å². The lowest BCUT2D eigenvalue weighted by Gasteiger charge is -2.32. The Labute approximate surface area is 134 Å². The molecule has 1 aromatic heterocycles. The molecule has 130 valence electrons. The fraction of sp³-hybridized carbons (Fsp3) is 0.692. The van der Waals surface area contributed by atoms with Gasteiger partial charge >= 0.3 is 0 Å². The number of amides is 1. The number of ether oxygens (including phenoxy) is 2. The number of aryl methyl sites for hydroxylation is 2. The summed E-state index contributed by atoms with van der Waals surface area (Å²) < 4.78 is 42.4. The van der Waals surface area contributed by atoms with Crippen LogP contribution >= 0.6 is 0 Å². The zero-order chi connectivity index (χ0) is 17.0. The Morgan fingerprint density at radius 2 is 2.17 bits per heavy atom. The van der Waals surface area contributed by atoms with Gasteiger partial charge in [0.25, 0.3) is 0 Å². The molecule has 1 aromatic rings. The van der Waals surface area contributed by atoms with Gasteiger partial charge < -0.3 is 18.9 Å². The number of methoxy groups -OCH3 is 1. The van der Waals surface area contributed by atoms with Gasteiger partial charge in [-0.15, -0.1) is 0 Å². The summed E-state index contributed by atoms with van der Waals surface area (Å²) >= 11 is 0. The quantitative estimate of drug-likeness (QED) is 0.704. The molecule has 1 unspecified atom stereocenters. The van der Waals surface area contributed by atoms with Gasteiger partial charge in [0.05, 0.1) is 12.7 Å². The van der Waals surface area contributed by atoms with E-state index in [0.29, 0.717) is 25.4 Å². The normalized spacial score (nSPS) is 19.3. The first-order valence-electron chi connectivity index (χ1n) is 7.16. The van der Waals surface area contributed by atoms with Crippen LogP contribution in [-0.4, -0.2) is 70.4 Å². The van der Waals surface area contributed by atoms with E-state index in [9.17, 15) is 13.2 Å². The Morgan fingerprint density at radius 3 is 2.78 bits per heavy atom. The average molecular weight is 347 g/mol. The third-order valence-electron chi connectivity index (χ3n) is 3.52. The van der Waals surface area contributed by atoms with Gasteiger partial charge in [0.1, 0.15) is 17.2 Å². The van der Waals surface area contributed by atoms with Crippen molar-refractivity contribution in [2.45, 2.75) is 24.8 Å². The molecule has 23 heavy (non-hydrogen) atoms. The predicted molar refractivity (Wildman–Crippen MR) is 79.4 cm³/mol. The number of carbonyl (C=O) groups is 1. The number of hydrogen-bond acceptors (Lipinski definition) is 7. The SMILES string of the molecule is COCCN1CC(CNS(=O)(=O)c2c(C)noc2C)OCC1=O. The second-order valence-electron chi connectivity index (χ2n) is 5.27. The summed E-state index contributed by atoms with van der Waals surface area (Å²) in [4.78, 5) is 13.4. The van der Waals surface area contributed by atoms with Gasteiger partial charge in [0.15, 0.2) is 5.76 Å². The number of morpholine rings is 1. The van der Waals surface area contributed by atoms with Gasteiger partial charge in [-0.3, -0.25) is 4.79 Å². The molecule has 10 heteroatoms. The van der Waals surface area contributed by atoms with E-state index in [1.165, 1.54) is 6.92 Å². The summed E-state index contributed by atoms with van der Waals surface area (Å²) in [7, 11) is -2.18. The number of aromatic nitrogens is 1. The monoisotopic (exact) mass is 347 g/mol. The van der Waals surface area contributed by atoms with Gasteiger partial charge in [0, 0.05) is 26.7 Å². The fourth-order valence-corrected chi connectivity index (χ4v) is 3.75. The van der Waals surface area contributed by atoms with Crippen LogP contribution in [0.5, 0.6) is 0 Å². The van der Waals surface area contributed by atoms with Crippen molar-refractivity contribution in [3.8, 4) is 0 Å². The third kappa shape index (κ3) is 4.28. The zero-order valence-corrected chi connectivity index (χ0v) is 14.2. The standard InChI is InChI=1S/C13H21N3O6S/c1-9-13(10(2)22-15-9)23(18,19)14-6-11-7-16(4-5-20-3)12(17)8-21-11/h11,14H,4-8H2,1-3H3. The second-order valence-corrected chi connectivity index (χ2v) is 6.97. The van der Waals surface area contributed by atoms with Crippen LogP contribution < -0.4 is 4.72 Å². The maximum absolute atomic E-state index is 12.3. The molecule has 1 saturated heterocycles. The van der Waals surface area contributed by atoms with Crippen LogP contribution in [0, 0.1) is 13.8 Å². The largest absolute Gasteiger partial charge is 0.383 e. The smallest absolute Gasteiger partial charge is 0.248 e. The Hall–Kier alpha value is -1.49. The molecule has 9 nitrogen and oxygen atoms in total. The van der Waals surface area contributed by atoms with Crippen molar-refractivity contribution in [1.82, 2.24) is 14.8 Å². The minimum absolute atomic E-state index is 0.0422. The molecule has 0 bridgehead atoms. The van der Waals surface area contributed by atoms with Crippen molar-refractivity contribution in [2.75, 3.05) is 40.0 Å². The lowest BCUT2D eigenvalue weighted by Crippen LogP contribution is -2.51. The van der Waals surface area contributed by atoms with Crippen molar-refractivity contribution in [1.29, 1.82) is 0 Å². The van der Waals surface area contributed by atoms with Gasteiger partial charge in [-0.25, -0.2) is 13.1 Å². The molecule has 1 atom stereocenters. The van der Waals surface area contributed by atoms with E-state index in [-0.39, 0.29) is 29.7 Å². The molecule has 0 saturated carbocycles. The molecule has 2 heterocycles. The summed E-state index contributed by atoms with van der Waals surface area (Å²) in [5.41, 5.74) is 0.302. The van der Waals surface area contributed by atoms with E-state index in [1.807, 2.05) is 0 Å². The molecule has 1 amide bonds. The predicted octanol–water partition coefficient (Wildman–Crippen LogP) is -0.556. The first kappa shape index (κ1) is 17.9. The first-order valence-corrected chi connectivity index (χ1v) is 8.64. The lowest BCUT2D eigenvalue weighted by molar-refractivity contribution is -0.149. The Kier molecular flexibility index (Phi) is 5.74. The van der Waals surface area contributed by atoms with Crippen LogP contribution in [0.15, 0.2) is 9.42 Å². The van der Waals surface area contributed by atoms with E-state index in [2.05, 4.69) is 9.88 Å². The number of nitrogens with zero attached hydrogens (tertiary/aromatic N) is 2. The van der Waals surface area contributed by atoms with Crippen molar-refractivity contribution in [3.05, 3.63) is 11.5 Å². The van der Waals surface area contributed by atoms with E-state index >= 15 is 0 Å². The molecule has 0 aromatic carbocycles. The molecule has 0 aliphatic carbocycles. The molecular weight excluding hydrogens is 326 g/mol. The molecular formula is C13H21N3O6S. The lowest BCUT2D eigenvalue weighted by atomic mass is 10.2. The molecule has 1 fully saturated rings. The van der Waals surface area contributed by atoms with E-state index < -0.39 is 16.1 Å². The fourth-order valence-electron chi connectivity index (χ4n) is 2.35. The Balaban J connectivity index is 1.96. The Morgan fingerprint density at radius 1 is 1.43 bits per heavy atom. The molecule has 0 radical (unpaired) electrons. The number of rotatable bonds is 7. The van der Waals surface area contributed by atoms with Crippen LogP contribution in [0.4, 0.5) is 0 Å². The van der Waals surface area contributed by atoms with Crippen molar-refractivity contribution in [3.63, 3.8) is 0 Å². The minimum atomic E-state index is -3.74. The highest BCUT2D eigenvalue weighted by molar-refractivity contribution is 7.89. The highest BCUT2D eigenvalue weighted by atomic mass is 32.2. The molecule has 2 rings (SSSR count). The molecule has 1 N–H and O–H groups in total. The third-order valence-corrected chi connectivity index (χ3v) is 5.19. The van der Waals surface area contributed by atoms with Gasteiger partial charge in [0.2, 0.25) is 15.9 Å². The van der Waals surface area contributed by atoms with Crippen LogP contribution in [0.2, 0.25) is 0 Å². The molecule has 1 aliphatic rings. The first-order chi connectivity index (χ1) is 10.8. The van der Waals surface area contributed by atoms with Gasteiger partial charge in [-0.1, -0.05) is 5.16 Å². The van der Waals surface area contributed by atoms with Crippen molar-refractivity contribution < 1.29 is 27.2 Å². The summed E-state index contributed by atoms with van der Waals surface area (Å²) in [6, 6.07) is 0. The van der Waals surface area contributed by atoms with Crippen LogP contribution in [0.3, 0.4) is 0 Å². The number of sulfonamides is 1. The summed E-state index contributed by atoms with van der Waals surface area (Å²) in [6.45, 7) is 4.27. The molecule has 1 aliphatic heterocycles. The Bertz CT molecular complexity index is 637. The molecule has 0 spiro atoms. The van der Waals surface area contributed by atoms with E-state index in [0.717, 1.165) is 0 Å². The van der Waals surface area contributed by atoms with Crippen molar-refractivity contribution >= 4 is 15.9 Å². The average Bonchev–Trinajstić information content (AvgIpc) is 2.85. The van der Waals surface area contributed by atoms with E-state index in [4.69, 9.17) is 14.0 Å². The highest BCUT2D eigenvalue weighted by Crippen LogP contribution is 2.18. The van der Waals surface area contributed by atoms with Gasteiger partial charge in [-0.05, 0) is 13.8 Å². The number of hydrogen-bond donors (Lipinski definition) is 1. The van der Waals surface area contributed by atoms with Crippen LogP contribution in [0.1, 0.15) is 11.5 Å². The van der Waals surface area contributed by atoms with Crippen molar-refractivity contribution in [2.24, 2.45) is 0 Å². The number of carbonyl (C=O) groups excluding carboxylic acids is 1. The summed E-state index contributed by atoms with van der Waals surface area (Å²) in [6.07, 6.45) is -0.417. The minimum Gasteiger partial charge on any atom is -0.383 e. The van der Waals surface area contributed by atoms with Gasteiger partial charge in [-0.2, -0.15) is 0 Å². The maximum Gasteiger partial charge on any atom is 0.248 e. The zero-order valence-electron chi connectivity index (χ0n) is 13.4. The highest BCUT2D eigenvalue weighted by Gasteiger charge is 2.29. The summed E-state index contributed by atoms with van der Waals surface area (Å²) in [5, 5.41) is 3.64. The summed E-state index contributed by atoms with van der Waals surface area (Å²) in [5.74, 6) is 0.100. The second kappa shape index (κ2) is 7.39.